The Kier molecular flexibility index (Phi) is 4.50. The predicted octanol–water partition coefficient (Wildman–Crippen LogP) is 2.33. The maximum Gasteiger partial charge on any atom is 0.254 e. The summed E-state index contributed by atoms with van der Waals surface area (Å²) in [6.45, 7) is 2.50. The van der Waals surface area contributed by atoms with Gasteiger partial charge in [0.25, 0.3) is 11.8 Å². The molecule has 1 aliphatic carbocycles. The molecule has 2 amide bonds. The molecule has 2 aliphatic heterocycles. The second-order valence-electron chi connectivity index (χ2n) is 8.31. The first-order chi connectivity index (χ1) is 14.5. The van der Waals surface area contributed by atoms with Gasteiger partial charge in [0.2, 0.25) is 0 Å². The van der Waals surface area contributed by atoms with Crippen molar-refractivity contribution in [2.45, 2.75) is 24.9 Å². The molecular formula is C23H24FN3O3. The van der Waals surface area contributed by atoms with Crippen molar-refractivity contribution < 1.29 is 19.1 Å². The monoisotopic (exact) mass is 409 g/mol. The van der Waals surface area contributed by atoms with Gasteiger partial charge in [-0.3, -0.25) is 9.59 Å². The number of nitrogens with zero attached hydrogens (tertiary/aromatic N) is 3. The minimum Gasteiger partial charge on any atom is -0.380 e. The van der Waals surface area contributed by atoms with E-state index in [-0.39, 0.29) is 17.6 Å². The molecule has 7 heteroatoms. The summed E-state index contributed by atoms with van der Waals surface area (Å²) in [7, 11) is 0. The van der Waals surface area contributed by atoms with Gasteiger partial charge in [-0.15, -0.1) is 0 Å². The van der Waals surface area contributed by atoms with Crippen LogP contribution in [0.25, 0.3) is 0 Å². The highest BCUT2D eigenvalue weighted by molar-refractivity contribution is 5.95. The number of anilines is 2. The Morgan fingerprint density at radius 1 is 0.900 bits per heavy atom. The van der Waals surface area contributed by atoms with E-state index in [4.69, 9.17) is 0 Å². The van der Waals surface area contributed by atoms with E-state index in [9.17, 15) is 19.1 Å². The summed E-state index contributed by atoms with van der Waals surface area (Å²) in [5.74, 6) is -0.516. The summed E-state index contributed by atoms with van der Waals surface area (Å²) in [6.07, 6.45) is 1.86. The molecule has 3 aliphatic rings. The standard InChI is InChI=1S/C23H24FN3O3/c24-19-3-1-2-16-8-11-27(20(16)19)18-6-4-17(5-7-18)21(28)25-12-14-26(15-13-25)22(29)23(30)9-10-23/h1-7,30H,8-15H2. The average Bonchev–Trinajstić information content (AvgIpc) is 3.37. The van der Waals surface area contributed by atoms with E-state index in [0.717, 1.165) is 17.7 Å². The van der Waals surface area contributed by atoms with Crippen LogP contribution in [0.2, 0.25) is 0 Å². The molecule has 5 rings (SSSR count). The number of halogens is 1. The summed E-state index contributed by atoms with van der Waals surface area (Å²) in [5, 5.41) is 10.00. The van der Waals surface area contributed by atoms with Crippen molar-refractivity contribution in [1.82, 2.24) is 9.80 Å². The van der Waals surface area contributed by atoms with Gasteiger partial charge in [0.05, 0.1) is 5.69 Å². The number of para-hydroxylation sites is 1. The van der Waals surface area contributed by atoms with E-state index < -0.39 is 5.60 Å². The average molecular weight is 409 g/mol. The van der Waals surface area contributed by atoms with Gasteiger partial charge in [-0.1, -0.05) is 12.1 Å². The molecule has 0 spiro atoms. The van der Waals surface area contributed by atoms with Gasteiger partial charge in [0, 0.05) is 44.0 Å². The predicted molar refractivity (Wildman–Crippen MR) is 110 cm³/mol. The van der Waals surface area contributed by atoms with E-state index >= 15 is 0 Å². The highest BCUT2D eigenvalue weighted by Gasteiger charge is 2.50. The number of piperazine rings is 1. The van der Waals surface area contributed by atoms with Crippen LogP contribution in [-0.4, -0.2) is 65.0 Å². The first-order valence-electron chi connectivity index (χ1n) is 10.4. The summed E-state index contributed by atoms with van der Waals surface area (Å²) >= 11 is 0. The third-order valence-corrected chi connectivity index (χ3v) is 6.35. The molecule has 0 atom stereocenters. The second-order valence-corrected chi connectivity index (χ2v) is 8.31. The van der Waals surface area contributed by atoms with Crippen molar-refractivity contribution in [1.29, 1.82) is 0 Å². The van der Waals surface area contributed by atoms with Crippen LogP contribution in [0.4, 0.5) is 15.8 Å². The molecule has 0 aromatic heterocycles. The van der Waals surface area contributed by atoms with Crippen molar-refractivity contribution in [2.24, 2.45) is 0 Å². The lowest BCUT2D eigenvalue weighted by Gasteiger charge is -2.35. The van der Waals surface area contributed by atoms with Crippen LogP contribution in [0.5, 0.6) is 0 Å². The largest absolute Gasteiger partial charge is 0.380 e. The lowest BCUT2D eigenvalue weighted by molar-refractivity contribution is -0.143. The van der Waals surface area contributed by atoms with Crippen LogP contribution < -0.4 is 4.90 Å². The first-order valence-corrected chi connectivity index (χ1v) is 10.4. The number of rotatable bonds is 3. The fraction of sp³-hybridized carbons (Fsp3) is 0.391. The number of aliphatic hydroxyl groups is 1. The zero-order valence-corrected chi connectivity index (χ0v) is 16.7. The Morgan fingerprint density at radius 2 is 1.57 bits per heavy atom. The molecular weight excluding hydrogens is 385 g/mol. The topological polar surface area (TPSA) is 64.1 Å². The second kappa shape index (κ2) is 7.09. The van der Waals surface area contributed by atoms with Crippen LogP contribution >= 0.6 is 0 Å². The van der Waals surface area contributed by atoms with Crippen LogP contribution in [0.3, 0.4) is 0 Å². The lowest BCUT2D eigenvalue weighted by atomic mass is 10.1. The van der Waals surface area contributed by atoms with E-state index in [2.05, 4.69) is 0 Å². The molecule has 0 unspecified atom stereocenters. The minimum absolute atomic E-state index is 0.0771. The molecule has 1 N–H and O–H groups in total. The number of hydrogen-bond acceptors (Lipinski definition) is 4. The van der Waals surface area contributed by atoms with E-state index in [1.807, 2.05) is 23.1 Å². The lowest BCUT2D eigenvalue weighted by Crippen LogP contribution is -2.53. The summed E-state index contributed by atoms with van der Waals surface area (Å²) in [4.78, 5) is 30.5. The Labute approximate surface area is 174 Å². The van der Waals surface area contributed by atoms with Crippen molar-refractivity contribution in [3.05, 3.63) is 59.4 Å². The number of carbonyl (C=O) groups is 2. The molecule has 1 saturated carbocycles. The third-order valence-electron chi connectivity index (χ3n) is 6.35. The normalized spacial score (nSPS) is 19.6. The number of carbonyl (C=O) groups excluding carboxylic acids is 2. The number of benzene rings is 2. The zero-order valence-electron chi connectivity index (χ0n) is 16.7. The molecule has 2 heterocycles. The molecule has 1 saturated heterocycles. The van der Waals surface area contributed by atoms with Crippen molar-refractivity contribution in [3.63, 3.8) is 0 Å². The summed E-state index contributed by atoms with van der Waals surface area (Å²) in [6, 6.07) is 12.4. The molecule has 0 radical (unpaired) electrons. The number of fused-ring (bicyclic) bond motifs is 1. The maximum atomic E-state index is 14.3. The fourth-order valence-electron chi connectivity index (χ4n) is 4.37. The van der Waals surface area contributed by atoms with Gasteiger partial charge >= 0.3 is 0 Å². The molecule has 30 heavy (non-hydrogen) atoms. The molecule has 156 valence electrons. The summed E-state index contributed by atoms with van der Waals surface area (Å²) in [5.41, 5.74) is 1.90. The molecule has 6 nitrogen and oxygen atoms in total. The quantitative estimate of drug-likeness (QED) is 0.845. The smallest absolute Gasteiger partial charge is 0.254 e. The zero-order chi connectivity index (χ0) is 20.9. The molecule has 2 fully saturated rings. The Hall–Kier alpha value is -2.93. The van der Waals surface area contributed by atoms with Crippen LogP contribution in [-0.2, 0) is 11.2 Å². The molecule has 0 bridgehead atoms. The molecule has 2 aromatic rings. The fourth-order valence-corrected chi connectivity index (χ4v) is 4.37. The Morgan fingerprint density at radius 3 is 2.23 bits per heavy atom. The van der Waals surface area contributed by atoms with Gasteiger partial charge in [-0.05, 0) is 55.2 Å². The van der Waals surface area contributed by atoms with E-state index in [1.54, 1.807) is 28.0 Å². The minimum atomic E-state index is -1.16. The van der Waals surface area contributed by atoms with Crippen molar-refractivity contribution in [2.75, 3.05) is 37.6 Å². The van der Waals surface area contributed by atoms with Crippen LogP contribution in [0.15, 0.2) is 42.5 Å². The van der Waals surface area contributed by atoms with Gasteiger partial charge in [-0.25, -0.2) is 4.39 Å². The summed E-state index contributed by atoms with van der Waals surface area (Å²) < 4.78 is 14.3. The highest BCUT2D eigenvalue weighted by Crippen LogP contribution is 2.38. The van der Waals surface area contributed by atoms with Gasteiger partial charge in [0.1, 0.15) is 11.4 Å². The maximum absolute atomic E-state index is 14.3. The van der Waals surface area contributed by atoms with Crippen molar-refractivity contribution in [3.8, 4) is 0 Å². The third kappa shape index (κ3) is 3.23. The van der Waals surface area contributed by atoms with Crippen LogP contribution in [0.1, 0.15) is 28.8 Å². The van der Waals surface area contributed by atoms with Gasteiger partial charge in [0.15, 0.2) is 0 Å². The first kappa shape index (κ1) is 19.1. The van der Waals surface area contributed by atoms with Crippen molar-refractivity contribution >= 4 is 23.2 Å². The van der Waals surface area contributed by atoms with Gasteiger partial charge in [-0.2, -0.15) is 0 Å². The highest BCUT2D eigenvalue weighted by atomic mass is 19.1. The Balaban J connectivity index is 1.25. The number of hydrogen-bond donors (Lipinski definition) is 1. The van der Waals surface area contributed by atoms with Gasteiger partial charge < -0.3 is 19.8 Å². The van der Waals surface area contributed by atoms with Crippen LogP contribution in [0, 0.1) is 5.82 Å². The number of amides is 2. The Bertz CT molecular complexity index is 995. The molecule has 2 aromatic carbocycles. The van der Waals surface area contributed by atoms with E-state index in [1.165, 1.54) is 6.07 Å². The van der Waals surface area contributed by atoms with E-state index in [0.29, 0.717) is 56.8 Å². The SMILES string of the molecule is O=C(c1ccc(N2CCc3cccc(F)c32)cc1)N1CCN(C(=O)C2(O)CC2)CC1.